The highest BCUT2D eigenvalue weighted by molar-refractivity contribution is 7.09. The Balaban J connectivity index is 1.53. The van der Waals surface area contributed by atoms with Crippen LogP contribution in [-0.4, -0.2) is 23.5 Å². The Morgan fingerprint density at radius 3 is 2.80 bits per heavy atom. The number of benzene rings is 1. The zero-order chi connectivity index (χ0) is 17.6. The van der Waals surface area contributed by atoms with Gasteiger partial charge in [-0.05, 0) is 43.0 Å². The minimum Gasteiger partial charge on any atom is -0.353 e. The molecule has 1 aliphatic carbocycles. The Hall–Kier alpha value is -1.79. The fourth-order valence-electron chi connectivity index (χ4n) is 3.39. The first-order valence-corrected chi connectivity index (χ1v) is 9.69. The lowest BCUT2D eigenvalue weighted by atomic mass is 9.84. The molecule has 1 aromatic carbocycles. The molecule has 3 rings (SSSR count). The van der Waals surface area contributed by atoms with Crippen LogP contribution in [0.3, 0.4) is 0 Å². The van der Waals surface area contributed by atoms with E-state index >= 15 is 0 Å². The third kappa shape index (κ3) is 5.09. The van der Waals surface area contributed by atoms with E-state index in [1.54, 1.807) is 12.1 Å². The summed E-state index contributed by atoms with van der Waals surface area (Å²) in [7, 11) is 0. The molecule has 1 aromatic heterocycles. The maximum Gasteiger partial charge on any atom is 0.226 e. The molecular weight excluding hydrogens is 337 g/mol. The fraction of sp³-hybridized carbons (Fsp3) is 0.474. The molecule has 1 heterocycles. The van der Waals surface area contributed by atoms with Gasteiger partial charge in [-0.2, -0.15) is 0 Å². The molecule has 6 heteroatoms. The molecule has 0 saturated heterocycles. The number of nitrogens with one attached hydrogen (secondary N) is 1. The van der Waals surface area contributed by atoms with Crippen LogP contribution in [0.4, 0.5) is 4.39 Å². The van der Waals surface area contributed by atoms with Gasteiger partial charge >= 0.3 is 0 Å². The fourth-order valence-corrected chi connectivity index (χ4v) is 4.22. The summed E-state index contributed by atoms with van der Waals surface area (Å²) in [5.74, 6) is 0.171. The van der Waals surface area contributed by atoms with E-state index in [1.165, 1.54) is 29.9 Å². The molecule has 1 fully saturated rings. The van der Waals surface area contributed by atoms with Crippen molar-refractivity contribution in [2.75, 3.05) is 6.54 Å². The number of nitrogens with two attached hydrogens (primary N) is 1. The summed E-state index contributed by atoms with van der Waals surface area (Å²) in [4.78, 5) is 16.9. The van der Waals surface area contributed by atoms with Crippen molar-refractivity contribution < 1.29 is 9.18 Å². The van der Waals surface area contributed by atoms with E-state index in [2.05, 4.69) is 10.3 Å². The van der Waals surface area contributed by atoms with Crippen molar-refractivity contribution >= 4 is 17.2 Å². The summed E-state index contributed by atoms with van der Waals surface area (Å²) >= 11 is 1.54. The highest BCUT2D eigenvalue weighted by atomic mass is 32.1. The first-order chi connectivity index (χ1) is 12.1. The van der Waals surface area contributed by atoms with Gasteiger partial charge in [-0.15, -0.1) is 11.3 Å². The molecule has 134 valence electrons. The molecule has 0 aliphatic heterocycles. The molecule has 2 aromatic rings. The zero-order valence-electron chi connectivity index (χ0n) is 14.2. The average molecular weight is 361 g/mol. The Kier molecular flexibility index (Phi) is 6.15. The molecule has 2 atom stereocenters. The molecule has 3 N–H and O–H groups in total. The lowest BCUT2D eigenvalue weighted by Gasteiger charge is -2.31. The van der Waals surface area contributed by atoms with Crippen molar-refractivity contribution in [2.45, 2.75) is 44.6 Å². The standard InChI is InChI=1S/C19H24FN3OS/c20-15-7-5-13(6-8-15)9-19-22-16(12-25-19)10-18(24)23-17-4-2-1-3-14(17)11-21/h5-8,12,14,17H,1-4,9-11,21H2,(H,23,24). The average Bonchev–Trinajstić information content (AvgIpc) is 3.04. The normalized spacial score (nSPS) is 20.4. The lowest BCUT2D eigenvalue weighted by Crippen LogP contribution is -2.45. The van der Waals surface area contributed by atoms with Crippen molar-refractivity contribution in [1.82, 2.24) is 10.3 Å². The van der Waals surface area contributed by atoms with Crippen LogP contribution in [0.2, 0.25) is 0 Å². The van der Waals surface area contributed by atoms with Crippen LogP contribution < -0.4 is 11.1 Å². The minimum absolute atomic E-state index is 0.0176. The summed E-state index contributed by atoms with van der Waals surface area (Å²) < 4.78 is 13.0. The van der Waals surface area contributed by atoms with E-state index in [-0.39, 0.29) is 17.8 Å². The first kappa shape index (κ1) is 18.0. The summed E-state index contributed by atoms with van der Waals surface area (Å²) in [6, 6.07) is 6.63. The van der Waals surface area contributed by atoms with Crippen LogP contribution in [-0.2, 0) is 17.6 Å². The summed E-state index contributed by atoms with van der Waals surface area (Å²) in [6.45, 7) is 0.628. The van der Waals surface area contributed by atoms with Gasteiger partial charge in [0.25, 0.3) is 0 Å². The van der Waals surface area contributed by atoms with Gasteiger partial charge in [0.15, 0.2) is 0 Å². The SMILES string of the molecule is NCC1CCCCC1NC(=O)Cc1csc(Cc2ccc(F)cc2)n1. The third-order valence-electron chi connectivity index (χ3n) is 4.77. The smallest absolute Gasteiger partial charge is 0.226 e. The Morgan fingerprint density at radius 2 is 2.04 bits per heavy atom. The predicted octanol–water partition coefficient (Wildman–Crippen LogP) is 3.05. The van der Waals surface area contributed by atoms with Crippen LogP contribution in [0.15, 0.2) is 29.6 Å². The Labute approximate surface area is 151 Å². The van der Waals surface area contributed by atoms with Gasteiger partial charge in [-0.3, -0.25) is 4.79 Å². The van der Waals surface area contributed by atoms with E-state index in [0.717, 1.165) is 35.5 Å². The van der Waals surface area contributed by atoms with Crippen molar-refractivity contribution in [3.8, 4) is 0 Å². The number of carbonyl (C=O) groups excluding carboxylic acids is 1. The van der Waals surface area contributed by atoms with Crippen molar-refractivity contribution in [2.24, 2.45) is 11.7 Å². The number of nitrogens with zero attached hydrogens (tertiary/aromatic N) is 1. The van der Waals surface area contributed by atoms with Gasteiger partial charge in [0.1, 0.15) is 5.82 Å². The van der Waals surface area contributed by atoms with Crippen LogP contribution in [0.1, 0.15) is 41.9 Å². The quantitative estimate of drug-likeness (QED) is 0.831. The number of halogens is 1. The second kappa shape index (κ2) is 8.54. The topological polar surface area (TPSA) is 68.0 Å². The number of hydrogen-bond acceptors (Lipinski definition) is 4. The molecule has 2 unspecified atom stereocenters. The van der Waals surface area contributed by atoms with Gasteiger partial charge in [-0.25, -0.2) is 9.37 Å². The van der Waals surface area contributed by atoms with Crippen LogP contribution in [0.25, 0.3) is 0 Å². The van der Waals surface area contributed by atoms with Gasteiger partial charge in [-0.1, -0.05) is 25.0 Å². The maximum absolute atomic E-state index is 13.0. The Bertz CT molecular complexity index is 701. The largest absolute Gasteiger partial charge is 0.353 e. The van der Waals surface area contributed by atoms with Gasteiger partial charge < -0.3 is 11.1 Å². The van der Waals surface area contributed by atoms with Crippen molar-refractivity contribution in [3.63, 3.8) is 0 Å². The second-order valence-corrected chi connectivity index (χ2v) is 7.61. The number of rotatable bonds is 6. The van der Waals surface area contributed by atoms with E-state index in [1.807, 2.05) is 5.38 Å². The van der Waals surface area contributed by atoms with Crippen molar-refractivity contribution in [3.05, 3.63) is 51.7 Å². The van der Waals surface area contributed by atoms with E-state index in [9.17, 15) is 9.18 Å². The number of hydrogen-bond donors (Lipinski definition) is 2. The van der Waals surface area contributed by atoms with E-state index in [0.29, 0.717) is 25.3 Å². The molecule has 1 amide bonds. The zero-order valence-corrected chi connectivity index (χ0v) is 15.0. The summed E-state index contributed by atoms with van der Waals surface area (Å²) in [5.41, 5.74) is 7.63. The maximum atomic E-state index is 13.0. The van der Waals surface area contributed by atoms with Gasteiger partial charge in [0.2, 0.25) is 5.91 Å². The van der Waals surface area contributed by atoms with Crippen LogP contribution in [0.5, 0.6) is 0 Å². The molecule has 0 spiro atoms. The highest BCUT2D eigenvalue weighted by Gasteiger charge is 2.25. The molecule has 25 heavy (non-hydrogen) atoms. The lowest BCUT2D eigenvalue weighted by molar-refractivity contribution is -0.121. The number of carbonyl (C=O) groups is 1. The predicted molar refractivity (Wildman–Crippen MR) is 98.0 cm³/mol. The molecule has 4 nitrogen and oxygen atoms in total. The van der Waals surface area contributed by atoms with E-state index in [4.69, 9.17) is 5.73 Å². The summed E-state index contributed by atoms with van der Waals surface area (Å²) in [6.07, 6.45) is 5.42. The minimum atomic E-state index is -0.237. The molecule has 1 saturated carbocycles. The molecular formula is C19H24FN3OS. The molecule has 0 bridgehead atoms. The Morgan fingerprint density at radius 1 is 1.28 bits per heavy atom. The first-order valence-electron chi connectivity index (χ1n) is 8.81. The van der Waals surface area contributed by atoms with Gasteiger partial charge in [0, 0.05) is 17.8 Å². The molecule has 0 radical (unpaired) electrons. The second-order valence-electron chi connectivity index (χ2n) is 6.67. The van der Waals surface area contributed by atoms with Crippen LogP contribution in [0, 0.1) is 11.7 Å². The van der Waals surface area contributed by atoms with E-state index < -0.39 is 0 Å². The van der Waals surface area contributed by atoms with Gasteiger partial charge in [0.05, 0.1) is 17.1 Å². The number of amides is 1. The van der Waals surface area contributed by atoms with Crippen LogP contribution >= 0.6 is 11.3 Å². The highest BCUT2D eigenvalue weighted by Crippen LogP contribution is 2.23. The van der Waals surface area contributed by atoms with Crippen molar-refractivity contribution in [1.29, 1.82) is 0 Å². The monoisotopic (exact) mass is 361 g/mol. The summed E-state index contributed by atoms with van der Waals surface area (Å²) in [5, 5.41) is 6.00. The third-order valence-corrected chi connectivity index (χ3v) is 5.67. The number of thiazole rings is 1. The molecule has 1 aliphatic rings. The number of aromatic nitrogens is 1.